The number of rotatable bonds is 10. The van der Waals surface area contributed by atoms with E-state index in [1.807, 2.05) is 18.2 Å². The lowest BCUT2D eigenvalue weighted by molar-refractivity contribution is -0.384. The number of nitrogens with zero attached hydrogens (tertiary/aromatic N) is 1. The number of amides is 1. The first-order chi connectivity index (χ1) is 15.0. The second kappa shape index (κ2) is 10.5. The van der Waals surface area contributed by atoms with Crippen LogP contribution in [0.15, 0.2) is 59.0 Å². The summed E-state index contributed by atoms with van der Waals surface area (Å²) in [4.78, 5) is 22.7. The second-order valence-electron chi connectivity index (χ2n) is 6.54. The maximum Gasteiger partial charge on any atom is 0.271 e. The number of aliphatic hydroxyl groups excluding tert-OH is 1. The minimum atomic E-state index is -0.518. The quantitative estimate of drug-likeness (QED) is 0.277. The first-order valence-electron chi connectivity index (χ1n) is 9.44. The number of nitro groups is 1. The van der Waals surface area contributed by atoms with Gasteiger partial charge in [0, 0.05) is 29.3 Å². The Kier molecular flexibility index (Phi) is 7.47. The molecule has 3 aromatic rings. The van der Waals surface area contributed by atoms with Crippen LogP contribution in [0.1, 0.15) is 5.76 Å². The molecule has 0 saturated heterocycles. The van der Waals surface area contributed by atoms with Crippen molar-refractivity contribution in [1.29, 1.82) is 0 Å². The highest BCUT2D eigenvalue weighted by Crippen LogP contribution is 2.27. The lowest BCUT2D eigenvalue weighted by Gasteiger charge is -2.13. The number of furan rings is 1. The summed E-state index contributed by atoms with van der Waals surface area (Å²) in [5, 5.41) is 29.2. The van der Waals surface area contributed by atoms with Crippen LogP contribution in [-0.2, 0) is 11.3 Å². The van der Waals surface area contributed by atoms with Crippen LogP contribution in [0, 0.1) is 10.1 Å². The highest BCUT2D eigenvalue weighted by molar-refractivity contribution is 6.30. The van der Waals surface area contributed by atoms with Gasteiger partial charge in [-0.3, -0.25) is 14.9 Å². The van der Waals surface area contributed by atoms with Crippen molar-refractivity contribution in [2.24, 2.45) is 0 Å². The summed E-state index contributed by atoms with van der Waals surface area (Å²) in [6.45, 7) is 0.267. The Morgan fingerprint density at radius 3 is 2.55 bits per heavy atom. The summed E-state index contributed by atoms with van der Waals surface area (Å²) in [7, 11) is 0. The number of nitrogens with one attached hydrogen (secondary N) is 3. The van der Waals surface area contributed by atoms with E-state index >= 15 is 0 Å². The molecule has 0 bridgehead atoms. The van der Waals surface area contributed by atoms with Gasteiger partial charge in [-0.1, -0.05) is 11.6 Å². The lowest BCUT2D eigenvalue weighted by atomic mass is 10.2. The van der Waals surface area contributed by atoms with Crippen molar-refractivity contribution in [1.82, 2.24) is 5.32 Å². The van der Waals surface area contributed by atoms with Crippen LogP contribution in [-0.4, -0.2) is 35.6 Å². The monoisotopic (exact) mass is 444 g/mol. The van der Waals surface area contributed by atoms with Crippen LogP contribution in [0.4, 0.5) is 17.1 Å². The maximum atomic E-state index is 12.2. The van der Waals surface area contributed by atoms with E-state index in [-0.39, 0.29) is 37.8 Å². The lowest BCUT2D eigenvalue weighted by Crippen LogP contribution is -2.29. The molecule has 0 radical (unpaired) electrons. The fourth-order valence-electron chi connectivity index (χ4n) is 2.80. The first kappa shape index (κ1) is 22.1. The zero-order chi connectivity index (χ0) is 22.2. The van der Waals surface area contributed by atoms with E-state index in [1.54, 1.807) is 18.2 Å². The molecule has 9 nitrogen and oxygen atoms in total. The molecule has 1 amide bonds. The summed E-state index contributed by atoms with van der Waals surface area (Å²) in [6.07, 6.45) is 0. The molecule has 0 fully saturated rings. The van der Waals surface area contributed by atoms with Crippen LogP contribution in [0.25, 0.3) is 11.3 Å². The number of benzene rings is 2. The molecule has 10 heteroatoms. The summed E-state index contributed by atoms with van der Waals surface area (Å²) in [6, 6.07) is 15.0. The van der Waals surface area contributed by atoms with Gasteiger partial charge in [0.2, 0.25) is 5.91 Å². The van der Waals surface area contributed by atoms with Gasteiger partial charge in [0.15, 0.2) is 0 Å². The molecular formula is C21H21ClN4O5. The van der Waals surface area contributed by atoms with Gasteiger partial charge in [-0.05, 0) is 42.5 Å². The molecule has 3 rings (SSSR count). The van der Waals surface area contributed by atoms with Gasteiger partial charge in [-0.25, -0.2) is 0 Å². The Morgan fingerprint density at radius 2 is 1.84 bits per heavy atom. The van der Waals surface area contributed by atoms with E-state index < -0.39 is 4.92 Å². The van der Waals surface area contributed by atoms with E-state index in [4.69, 9.17) is 21.1 Å². The molecular weight excluding hydrogens is 424 g/mol. The van der Waals surface area contributed by atoms with E-state index in [0.717, 1.165) is 5.56 Å². The number of halogens is 1. The minimum absolute atomic E-state index is 0.0975. The number of anilines is 2. The number of hydrogen-bond acceptors (Lipinski definition) is 7. The Labute approximate surface area is 183 Å². The molecule has 0 unspecified atom stereocenters. The van der Waals surface area contributed by atoms with Crippen LogP contribution in [0.2, 0.25) is 5.02 Å². The van der Waals surface area contributed by atoms with Crippen molar-refractivity contribution in [2.75, 3.05) is 30.3 Å². The van der Waals surface area contributed by atoms with Gasteiger partial charge in [-0.2, -0.15) is 0 Å². The van der Waals surface area contributed by atoms with Crippen molar-refractivity contribution in [3.8, 4) is 11.3 Å². The molecule has 4 N–H and O–H groups in total. The van der Waals surface area contributed by atoms with Gasteiger partial charge >= 0.3 is 0 Å². The van der Waals surface area contributed by atoms with Crippen molar-refractivity contribution >= 4 is 34.6 Å². The molecule has 0 saturated carbocycles. The van der Waals surface area contributed by atoms with Crippen molar-refractivity contribution < 1.29 is 19.2 Å². The van der Waals surface area contributed by atoms with E-state index in [9.17, 15) is 14.9 Å². The van der Waals surface area contributed by atoms with Gasteiger partial charge < -0.3 is 25.5 Å². The normalized spacial score (nSPS) is 10.5. The Balaban J connectivity index is 1.56. The van der Waals surface area contributed by atoms with Crippen molar-refractivity contribution in [2.45, 2.75) is 6.54 Å². The van der Waals surface area contributed by atoms with E-state index in [0.29, 0.717) is 27.9 Å². The second-order valence-corrected chi connectivity index (χ2v) is 6.98. The molecule has 2 aromatic carbocycles. The van der Waals surface area contributed by atoms with Gasteiger partial charge in [0.1, 0.15) is 11.5 Å². The van der Waals surface area contributed by atoms with Gasteiger partial charge in [-0.15, -0.1) is 0 Å². The summed E-state index contributed by atoms with van der Waals surface area (Å²) >= 11 is 5.89. The molecule has 0 atom stereocenters. The number of aliphatic hydroxyl groups is 1. The average molecular weight is 445 g/mol. The average Bonchev–Trinajstić information content (AvgIpc) is 3.24. The Bertz CT molecular complexity index is 1050. The highest BCUT2D eigenvalue weighted by Gasteiger charge is 2.12. The highest BCUT2D eigenvalue weighted by atomic mass is 35.5. The molecule has 162 valence electrons. The smallest absolute Gasteiger partial charge is 0.271 e. The molecule has 0 aliphatic carbocycles. The predicted molar refractivity (Wildman–Crippen MR) is 118 cm³/mol. The predicted octanol–water partition coefficient (Wildman–Crippen LogP) is 3.64. The first-order valence-corrected chi connectivity index (χ1v) is 9.82. The summed E-state index contributed by atoms with van der Waals surface area (Å²) < 4.78 is 5.74. The molecule has 0 aliphatic rings. The fraction of sp³-hybridized carbons (Fsp3) is 0.190. The van der Waals surface area contributed by atoms with Crippen molar-refractivity contribution in [3.05, 3.63) is 75.5 Å². The number of carbonyl (C=O) groups excluding carboxylic acids is 1. The maximum absolute atomic E-state index is 12.2. The van der Waals surface area contributed by atoms with Crippen LogP contribution in [0.3, 0.4) is 0 Å². The summed E-state index contributed by atoms with van der Waals surface area (Å²) in [5.41, 5.74) is 1.70. The molecule has 0 spiro atoms. The Hall–Kier alpha value is -3.56. The van der Waals surface area contributed by atoms with Crippen molar-refractivity contribution in [3.63, 3.8) is 0 Å². The topological polar surface area (TPSA) is 130 Å². The van der Waals surface area contributed by atoms with E-state index in [1.165, 1.54) is 18.2 Å². The zero-order valence-corrected chi connectivity index (χ0v) is 17.2. The Morgan fingerprint density at radius 1 is 1.06 bits per heavy atom. The third-order valence-electron chi connectivity index (χ3n) is 4.33. The van der Waals surface area contributed by atoms with Crippen LogP contribution >= 0.6 is 11.6 Å². The standard InChI is InChI=1S/C21H21ClN4O5/c22-15-3-1-14(2-4-15)20-8-6-17(31-20)12-25-21(28)13-24-19-11-16(26(29)30)5-7-18(19)23-9-10-27/h1-8,11,23-24,27H,9-10,12-13H2,(H,25,28). The zero-order valence-electron chi connectivity index (χ0n) is 16.4. The third kappa shape index (κ3) is 6.21. The molecule has 1 aromatic heterocycles. The molecule has 31 heavy (non-hydrogen) atoms. The van der Waals surface area contributed by atoms with Crippen LogP contribution in [0.5, 0.6) is 0 Å². The molecule has 0 aliphatic heterocycles. The van der Waals surface area contributed by atoms with Gasteiger partial charge in [0.05, 0.1) is 36.0 Å². The minimum Gasteiger partial charge on any atom is -0.459 e. The number of carbonyl (C=O) groups is 1. The number of non-ortho nitro benzene ring substituents is 1. The van der Waals surface area contributed by atoms with Crippen LogP contribution < -0.4 is 16.0 Å². The largest absolute Gasteiger partial charge is 0.459 e. The molecule has 1 heterocycles. The fourth-order valence-corrected chi connectivity index (χ4v) is 2.93. The van der Waals surface area contributed by atoms with E-state index in [2.05, 4.69) is 16.0 Å². The number of hydrogen-bond donors (Lipinski definition) is 4. The summed E-state index contributed by atoms with van der Waals surface area (Å²) in [5.74, 6) is 0.929. The van der Waals surface area contributed by atoms with Gasteiger partial charge in [0.25, 0.3) is 5.69 Å². The SMILES string of the molecule is O=C(CNc1cc([N+](=O)[O-])ccc1NCCO)NCc1ccc(-c2ccc(Cl)cc2)o1. The third-order valence-corrected chi connectivity index (χ3v) is 4.58. The number of nitro benzene ring substituents is 1.